The van der Waals surface area contributed by atoms with Gasteiger partial charge in [-0.2, -0.15) is 8.78 Å². The van der Waals surface area contributed by atoms with E-state index in [1.54, 1.807) is 12.1 Å². The van der Waals surface area contributed by atoms with Crippen molar-refractivity contribution in [2.45, 2.75) is 38.6 Å². The molecule has 5 rings (SSSR count). The largest absolute Gasteiger partial charge is 0.493 e. The molecule has 9 heteroatoms. The molecule has 0 spiro atoms. The molecule has 176 valence electrons. The Hall–Kier alpha value is -3.30. The van der Waals surface area contributed by atoms with E-state index in [1.165, 1.54) is 24.5 Å². The van der Waals surface area contributed by atoms with Crippen LogP contribution in [0.3, 0.4) is 0 Å². The molecule has 2 aromatic carbocycles. The van der Waals surface area contributed by atoms with Crippen LogP contribution in [0.1, 0.15) is 24.2 Å². The maximum absolute atomic E-state index is 12.8. The van der Waals surface area contributed by atoms with Gasteiger partial charge < -0.3 is 14.5 Å². The van der Waals surface area contributed by atoms with Crippen LogP contribution in [0, 0.1) is 0 Å². The Balaban J connectivity index is 1.38. The van der Waals surface area contributed by atoms with Crippen molar-refractivity contribution in [2.75, 3.05) is 7.11 Å². The number of hydrogen-bond acceptors (Lipinski definition) is 6. The first-order valence-corrected chi connectivity index (χ1v) is 11.8. The van der Waals surface area contributed by atoms with Gasteiger partial charge in [-0.05, 0) is 42.2 Å². The van der Waals surface area contributed by atoms with E-state index in [0.29, 0.717) is 35.2 Å². The minimum Gasteiger partial charge on any atom is -0.493 e. The summed E-state index contributed by atoms with van der Waals surface area (Å²) >= 11 is 1.50. The summed E-state index contributed by atoms with van der Waals surface area (Å²) in [6.45, 7) is -1.87. The molecule has 2 heterocycles. The summed E-state index contributed by atoms with van der Waals surface area (Å²) in [6, 6.07) is 17.1. The predicted octanol–water partition coefficient (Wildman–Crippen LogP) is 5.43. The van der Waals surface area contributed by atoms with Crippen molar-refractivity contribution < 1.29 is 18.3 Å². The molecule has 1 aliphatic rings. The van der Waals surface area contributed by atoms with Crippen LogP contribution in [0.25, 0.3) is 20.7 Å². The number of aromatic amines is 1. The lowest BCUT2D eigenvalue weighted by atomic mass is 10.2. The van der Waals surface area contributed by atoms with Gasteiger partial charge >= 0.3 is 6.61 Å². The van der Waals surface area contributed by atoms with Gasteiger partial charge in [-0.3, -0.25) is 9.69 Å². The van der Waals surface area contributed by atoms with Crippen molar-refractivity contribution in [3.05, 3.63) is 76.3 Å². The van der Waals surface area contributed by atoms with Gasteiger partial charge in [-0.15, -0.1) is 11.3 Å². The molecule has 2 aromatic heterocycles. The second kappa shape index (κ2) is 9.52. The Labute approximate surface area is 198 Å². The minimum atomic E-state index is -2.92. The Bertz CT molecular complexity index is 1350. The van der Waals surface area contributed by atoms with Gasteiger partial charge in [0.15, 0.2) is 11.5 Å². The second-order valence-electron chi connectivity index (χ2n) is 8.21. The number of hydrogen-bond donors (Lipinski definition) is 1. The Kier molecular flexibility index (Phi) is 6.30. The molecule has 4 aromatic rings. The first kappa shape index (κ1) is 22.5. The van der Waals surface area contributed by atoms with Crippen LogP contribution < -0.4 is 15.0 Å². The molecule has 0 aliphatic heterocycles. The van der Waals surface area contributed by atoms with Gasteiger partial charge in [0, 0.05) is 17.5 Å². The molecule has 1 saturated carbocycles. The van der Waals surface area contributed by atoms with Crippen molar-refractivity contribution in [1.82, 2.24) is 14.9 Å². The SMILES string of the molecule is COc1cc(CN(Cc2nc3sc(-c4ccccc4)cc3c(=O)[nH]2)C2CC2)ccc1OC(F)F. The molecule has 1 N–H and O–H groups in total. The molecule has 6 nitrogen and oxygen atoms in total. The fourth-order valence-corrected chi connectivity index (χ4v) is 5.04. The summed E-state index contributed by atoms with van der Waals surface area (Å²) in [7, 11) is 1.42. The lowest BCUT2D eigenvalue weighted by Crippen LogP contribution is -2.27. The van der Waals surface area contributed by atoms with Crippen molar-refractivity contribution in [3.8, 4) is 21.9 Å². The number of methoxy groups -OCH3 is 1. The van der Waals surface area contributed by atoms with Gasteiger partial charge in [-0.25, -0.2) is 4.98 Å². The number of thiophene rings is 1. The van der Waals surface area contributed by atoms with Crippen LogP contribution in [-0.4, -0.2) is 34.6 Å². The highest BCUT2D eigenvalue weighted by Gasteiger charge is 2.30. The summed E-state index contributed by atoms with van der Waals surface area (Å²) < 4.78 is 35.0. The van der Waals surface area contributed by atoms with Crippen molar-refractivity contribution in [2.24, 2.45) is 0 Å². The van der Waals surface area contributed by atoms with Gasteiger partial charge in [0.05, 0.1) is 19.0 Å². The molecule has 1 aliphatic carbocycles. The number of ether oxygens (including phenoxy) is 2. The first-order valence-electron chi connectivity index (χ1n) is 10.9. The summed E-state index contributed by atoms with van der Waals surface area (Å²) in [5.41, 5.74) is 1.81. The lowest BCUT2D eigenvalue weighted by Gasteiger charge is -2.22. The number of nitrogens with one attached hydrogen (secondary N) is 1. The highest BCUT2D eigenvalue weighted by molar-refractivity contribution is 7.21. The molecule has 0 atom stereocenters. The summed E-state index contributed by atoms with van der Waals surface area (Å²) in [6.07, 6.45) is 2.13. The number of fused-ring (bicyclic) bond motifs is 1. The van der Waals surface area contributed by atoms with Gasteiger partial charge in [0.1, 0.15) is 10.7 Å². The molecular weight excluding hydrogens is 460 g/mol. The van der Waals surface area contributed by atoms with Gasteiger partial charge in [-0.1, -0.05) is 36.4 Å². The molecule has 34 heavy (non-hydrogen) atoms. The maximum Gasteiger partial charge on any atom is 0.387 e. The zero-order valence-electron chi connectivity index (χ0n) is 18.5. The number of nitrogens with zero attached hydrogens (tertiary/aromatic N) is 2. The molecule has 0 unspecified atom stereocenters. The molecule has 0 radical (unpaired) electrons. The van der Waals surface area contributed by atoms with Crippen LogP contribution in [0.5, 0.6) is 11.5 Å². The molecule has 1 fully saturated rings. The molecular formula is C25H23F2N3O3S. The number of H-pyrrole nitrogens is 1. The van der Waals surface area contributed by atoms with E-state index in [-0.39, 0.29) is 17.1 Å². The summed E-state index contributed by atoms with van der Waals surface area (Å²) in [4.78, 5) is 24.4. The number of benzene rings is 2. The standard InChI is InChI=1S/C25H23F2N3O3S/c1-32-20-11-15(7-10-19(20)33-25(26)27)13-30(17-8-9-17)14-22-28-23(31)18-12-21(34-24(18)29-22)16-5-3-2-4-6-16/h2-7,10-12,17,25H,8-9,13-14H2,1H3,(H,28,29,31). The van der Waals surface area contributed by atoms with Crippen molar-refractivity contribution >= 4 is 21.6 Å². The average Bonchev–Trinajstić information content (AvgIpc) is 3.58. The highest BCUT2D eigenvalue weighted by atomic mass is 32.1. The lowest BCUT2D eigenvalue weighted by molar-refractivity contribution is -0.0512. The van der Waals surface area contributed by atoms with Crippen LogP contribution in [0.2, 0.25) is 0 Å². The Morgan fingerprint density at radius 2 is 1.91 bits per heavy atom. The van der Waals surface area contributed by atoms with Crippen LogP contribution in [0.15, 0.2) is 59.4 Å². The Morgan fingerprint density at radius 1 is 1.12 bits per heavy atom. The predicted molar refractivity (Wildman–Crippen MR) is 128 cm³/mol. The highest BCUT2D eigenvalue weighted by Crippen LogP contribution is 2.34. The van der Waals surface area contributed by atoms with Crippen molar-refractivity contribution in [3.63, 3.8) is 0 Å². The molecule has 0 bridgehead atoms. The van der Waals surface area contributed by atoms with E-state index in [1.807, 2.05) is 36.4 Å². The monoisotopic (exact) mass is 483 g/mol. The fraction of sp³-hybridized carbons (Fsp3) is 0.280. The normalized spacial score (nSPS) is 13.7. The zero-order chi connectivity index (χ0) is 23.7. The van der Waals surface area contributed by atoms with Gasteiger partial charge in [0.2, 0.25) is 0 Å². The average molecular weight is 484 g/mol. The number of rotatable bonds is 9. The quantitative estimate of drug-likeness (QED) is 0.344. The number of halogens is 2. The minimum absolute atomic E-state index is 0.00239. The maximum atomic E-state index is 12.8. The second-order valence-corrected chi connectivity index (χ2v) is 9.24. The van der Waals surface area contributed by atoms with E-state index < -0.39 is 6.61 Å². The number of alkyl halides is 2. The third-order valence-electron chi connectivity index (χ3n) is 5.76. The fourth-order valence-electron chi connectivity index (χ4n) is 3.98. The topological polar surface area (TPSA) is 67.5 Å². The third kappa shape index (κ3) is 4.95. The smallest absolute Gasteiger partial charge is 0.387 e. The summed E-state index contributed by atoms with van der Waals surface area (Å²) in [5, 5.41) is 0.588. The number of aromatic nitrogens is 2. The van der Waals surface area contributed by atoms with E-state index in [4.69, 9.17) is 9.72 Å². The van der Waals surface area contributed by atoms with Crippen LogP contribution in [0.4, 0.5) is 8.78 Å². The Morgan fingerprint density at radius 3 is 2.62 bits per heavy atom. The van der Waals surface area contributed by atoms with Crippen molar-refractivity contribution in [1.29, 1.82) is 0 Å². The summed E-state index contributed by atoms with van der Waals surface area (Å²) in [5.74, 6) is 0.867. The van der Waals surface area contributed by atoms with E-state index in [2.05, 4.69) is 14.6 Å². The third-order valence-corrected chi connectivity index (χ3v) is 6.83. The van der Waals surface area contributed by atoms with Gasteiger partial charge in [0.25, 0.3) is 5.56 Å². The zero-order valence-corrected chi connectivity index (χ0v) is 19.3. The molecule has 0 amide bonds. The van der Waals surface area contributed by atoms with Crippen LogP contribution >= 0.6 is 11.3 Å². The molecule has 0 saturated heterocycles. The van der Waals surface area contributed by atoms with E-state index in [0.717, 1.165) is 28.8 Å². The van der Waals surface area contributed by atoms with E-state index >= 15 is 0 Å². The first-order chi connectivity index (χ1) is 16.5. The van der Waals surface area contributed by atoms with E-state index in [9.17, 15) is 13.6 Å². The van der Waals surface area contributed by atoms with Crippen LogP contribution in [-0.2, 0) is 13.1 Å².